The Bertz CT molecular complexity index is 1520. The zero-order valence-electron chi connectivity index (χ0n) is 22.9. The van der Waals surface area contributed by atoms with Crippen LogP contribution in [0.1, 0.15) is 61.1 Å². The number of allylic oxidation sites excluding steroid dienone is 4. The Balaban J connectivity index is 1.44. The zero-order valence-corrected chi connectivity index (χ0v) is 25.8. The van der Waals surface area contributed by atoms with Gasteiger partial charge in [0.05, 0.1) is 10.7 Å². The Morgan fingerprint density at radius 3 is 2.10 bits per heavy atom. The quantitative estimate of drug-likeness (QED) is 0.236. The second-order valence-electron chi connectivity index (χ2n) is 10.7. The van der Waals surface area contributed by atoms with Crippen LogP contribution >= 0.6 is 34.2 Å². The van der Waals surface area contributed by atoms with E-state index in [-0.39, 0.29) is 11.6 Å². The molecule has 7 heteroatoms. The van der Waals surface area contributed by atoms with Gasteiger partial charge in [0.1, 0.15) is 6.61 Å². The van der Waals surface area contributed by atoms with E-state index in [1.54, 1.807) is 7.11 Å². The molecule has 5 nitrogen and oxygen atoms in total. The lowest BCUT2D eigenvalue weighted by Gasteiger charge is -2.44. The second-order valence-corrected chi connectivity index (χ2v) is 12.3. The number of ether oxygens (including phenoxy) is 2. The van der Waals surface area contributed by atoms with Crippen LogP contribution in [0.25, 0.3) is 0 Å². The summed E-state index contributed by atoms with van der Waals surface area (Å²) in [6.07, 6.45) is 4.30. The van der Waals surface area contributed by atoms with Crippen LogP contribution in [0.2, 0.25) is 5.02 Å². The van der Waals surface area contributed by atoms with Crippen molar-refractivity contribution >= 4 is 45.8 Å². The highest BCUT2D eigenvalue weighted by Gasteiger charge is 2.43. The third-order valence-corrected chi connectivity index (χ3v) is 9.20. The van der Waals surface area contributed by atoms with Crippen LogP contribution < -0.4 is 9.47 Å². The first-order chi connectivity index (χ1) is 19.9. The minimum absolute atomic E-state index is 0.135. The van der Waals surface area contributed by atoms with E-state index in [1.165, 1.54) is 5.56 Å². The number of ketones is 2. The molecule has 1 aliphatic heterocycles. The smallest absolute Gasteiger partial charge is 0.174 e. The molecule has 0 saturated carbocycles. The number of rotatable bonds is 7. The predicted molar refractivity (Wildman–Crippen MR) is 168 cm³/mol. The minimum atomic E-state index is -0.402. The van der Waals surface area contributed by atoms with Gasteiger partial charge in [-0.2, -0.15) is 0 Å². The van der Waals surface area contributed by atoms with E-state index in [9.17, 15) is 9.59 Å². The molecule has 0 radical (unpaired) electrons. The highest BCUT2D eigenvalue weighted by molar-refractivity contribution is 14.1. The van der Waals surface area contributed by atoms with Crippen LogP contribution in [0.4, 0.5) is 0 Å². The molecule has 0 saturated heterocycles. The van der Waals surface area contributed by atoms with Gasteiger partial charge in [0.2, 0.25) is 0 Å². The molecular formula is C34H31ClINO4. The van der Waals surface area contributed by atoms with Gasteiger partial charge in [0, 0.05) is 52.9 Å². The largest absolute Gasteiger partial charge is 0.493 e. The van der Waals surface area contributed by atoms with Crippen LogP contribution in [0.5, 0.6) is 11.5 Å². The van der Waals surface area contributed by atoms with Crippen LogP contribution in [0, 0.1) is 3.57 Å². The Morgan fingerprint density at radius 2 is 1.49 bits per heavy atom. The third kappa shape index (κ3) is 5.56. The lowest BCUT2D eigenvalue weighted by Crippen LogP contribution is -2.38. The topological polar surface area (TPSA) is 55.8 Å². The Labute approximate surface area is 259 Å². The summed E-state index contributed by atoms with van der Waals surface area (Å²) >= 11 is 8.31. The van der Waals surface area contributed by atoms with E-state index in [1.807, 2.05) is 48.5 Å². The van der Waals surface area contributed by atoms with Gasteiger partial charge in [-0.05, 0) is 89.2 Å². The van der Waals surface area contributed by atoms with Crippen LogP contribution in [0.15, 0.2) is 89.3 Å². The molecule has 0 bridgehead atoms. The molecule has 210 valence electrons. The SMILES string of the molecule is COc1cc(C2C3=C(CCCC3=O)N(Cc3ccccc3)C3=C2C(=O)CCC3)cc(I)c1OCc1ccc(Cl)cc1. The molecule has 0 fully saturated rings. The fourth-order valence-corrected chi connectivity index (χ4v) is 7.20. The number of carbonyl (C=O) groups excluding carboxylic acids is 2. The molecule has 0 N–H and O–H groups in total. The van der Waals surface area contributed by atoms with E-state index in [0.717, 1.165) is 62.9 Å². The molecule has 3 aromatic carbocycles. The van der Waals surface area contributed by atoms with Crippen LogP contribution in [-0.4, -0.2) is 23.6 Å². The number of hydrogen-bond donors (Lipinski definition) is 0. The maximum Gasteiger partial charge on any atom is 0.174 e. The van der Waals surface area contributed by atoms with Crippen molar-refractivity contribution in [1.29, 1.82) is 0 Å². The fraction of sp³-hybridized carbons (Fsp3) is 0.294. The minimum Gasteiger partial charge on any atom is -0.493 e. The van der Waals surface area contributed by atoms with Gasteiger partial charge >= 0.3 is 0 Å². The fourth-order valence-electron chi connectivity index (χ4n) is 6.29. The molecule has 0 amide bonds. The number of nitrogens with zero attached hydrogens (tertiary/aromatic N) is 1. The summed E-state index contributed by atoms with van der Waals surface area (Å²) in [5.41, 5.74) is 6.74. The molecule has 2 aliphatic carbocycles. The van der Waals surface area contributed by atoms with E-state index in [0.29, 0.717) is 42.5 Å². The van der Waals surface area contributed by atoms with Crippen molar-refractivity contribution in [1.82, 2.24) is 4.90 Å². The zero-order chi connectivity index (χ0) is 28.5. The summed E-state index contributed by atoms with van der Waals surface area (Å²) in [6.45, 7) is 1.02. The summed E-state index contributed by atoms with van der Waals surface area (Å²) in [5.74, 6) is 1.10. The average molecular weight is 680 g/mol. The van der Waals surface area contributed by atoms with Crippen molar-refractivity contribution in [3.8, 4) is 11.5 Å². The van der Waals surface area contributed by atoms with Gasteiger partial charge in [-0.1, -0.05) is 54.1 Å². The summed E-state index contributed by atoms with van der Waals surface area (Å²) in [7, 11) is 1.62. The standard InChI is InChI=1S/C34H31ClINO4/c1-40-30-18-23(17-25(36)34(30)41-20-22-13-15-24(35)16-14-22)31-32-26(9-5-11-28(32)38)37(19-21-7-3-2-4-8-21)27-10-6-12-29(39)33(27)31/h2-4,7-8,13-18,31H,5-6,9-12,19-20H2,1H3. The molecule has 1 heterocycles. The van der Waals surface area contributed by atoms with E-state index >= 15 is 0 Å². The van der Waals surface area contributed by atoms with Crippen molar-refractivity contribution in [3.63, 3.8) is 0 Å². The maximum atomic E-state index is 13.7. The van der Waals surface area contributed by atoms with E-state index in [2.05, 4.69) is 45.7 Å². The maximum absolute atomic E-state index is 13.7. The first kappa shape index (κ1) is 28.0. The molecule has 0 atom stereocenters. The van der Waals surface area contributed by atoms with Gasteiger partial charge in [-0.15, -0.1) is 0 Å². The third-order valence-electron chi connectivity index (χ3n) is 8.15. The number of Topliss-reactive ketones (excluding diaryl/α,β-unsaturated/α-hetero) is 2. The van der Waals surface area contributed by atoms with E-state index in [4.69, 9.17) is 21.1 Å². The molecule has 41 heavy (non-hydrogen) atoms. The van der Waals surface area contributed by atoms with Gasteiger partial charge in [0.15, 0.2) is 23.1 Å². The summed E-state index contributed by atoms with van der Waals surface area (Å²) in [5, 5.41) is 0.678. The van der Waals surface area contributed by atoms with Crippen molar-refractivity contribution < 1.29 is 19.1 Å². The molecule has 6 rings (SSSR count). The first-order valence-corrected chi connectivity index (χ1v) is 15.5. The van der Waals surface area contributed by atoms with Gasteiger partial charge in [-0.25, -0.2) is 0 Å². The first-order valence-electron chi connectivity index (χ1n) is 14.0. The van der Waals surface area contributed by atoms with Crippen LogP contribution in [-0.2, 0) is 22.7 Å². The lowest BCUT2D eigenvalue weighted by atomic mass is 9.71. The summed E-state index contributed by atoms with van der Waals surface area (Å²) in [4.78, 5) is 29.7. The molecule has 0 aromatic heterocycles. The summed E-state index contributed by atoms with van der Waals surface area (Å²) < 4.78 is 12.9. The number of hydrogen-bond acceptors (Lipinski definition) is 5. The van der Waals surface area contributed by atoms with Gasteiger partial charge in [0.25, 0.3) is 0 Å². The number of methoxy groups -OCH3 is 1. The number of benzene rings is 3. The second kappa shape index (κ2) is 12.0. The van der Waals surface area contributed by atoms with Crippen molar-refractivity contribution in [2.75, 3.05) is 7.11 Å². The van der Waals surface area contributed by atoms with Crippen molar-refractivity contribution in [2.45, 2.75) is 57.6 Å². The normalized spacial score (nSPS) is 17.5. The van der Waals surface area contributed by atoms with Crippen LogP contribution in [0.3, 0.4) is 0 Å². The monoisotopic (exact) mass is 679 g/mol. The average Bonchev–Trinajstić information content (AvgIpc) is 2.98. The Hall–Kier alpha value is -3.10. The Kier molecular flexibility index (Phi) is 8.22. The highest BCUT2D eigenvalue weighted by atomic mass is 127. The molecule has 3 aliphatic rings. The van der Waals surface area contributed by atoms with Gasteiger partial charge in [-0.3, -0.25) is 9.59 Å². The van der Waals surface area contributed by atoms with E-state index < -0.39 is 5.92 Å². The van der Waals surface area contributed by atoms with Crippen molar-refractivity contribution in [3.05, 3.63) is 115 Å². The molecular weight excluding hydrogens is 649 g/mol. The summed E-state index contributed by atoms with van der Waals surface area (Å²) in [6, 6.07) is 21.9. The molecule has 0 spiro atoms. The van der Waals surface area contributed by atoms with Crippen molar-refractivity contribution in [2.24, 2.45) is 0 Å². The number of carbonyl (C=O) groups is 2. The Morgan fingerprint density at radius 1 is 0.854 bits per heavy atom. The number of halogens is 2. The highest BCUT2D eigenvalue weighted by Crippen LogP contribution is 2.51. The molecule has 0 unspecified atom stereocenters. The van der Waals surface area contributed by atoms with Gasteiger partial charge < -0.3 is 14.4 Å². The predicted octanol–water partition coefficient (Wildman–Crippen LogP) is 8.15. The molecule has 3 aromatic rings. The lowest BCUT2D eigenvalue weighted by molar-refractivity contribution is -0.117.